The molecule has 6 nitrogen and oxygen atoms in total. The third-order valence-electron chi connectivity index (χ3n) is 16.2. The highest BCUT2D eigenvalue weighted by atomic mass is 16.5. The summed E-state index contributed by atoms with van der Waals surface area (Å²) in [6, 6.07) is -0.543. The van der Waals surface area contributed by atoms with Crippen LogP contribution in [-0.2, 0) is 14.3 Å². The zero-order chi connectivity index (χ0) is 55.7. The van der Waals surface area contributed by atoms with Crippen molar-refractivity contribution < 1.29 is 24.5 Å². The Bertz CT molecular complexity index is 1250. The predicted octanol–water partition coefficient (Wildman–Crippen LogP) is 22.3. The van der Waals surface area contributed by atoms with E-state index in [-0.39, 0.29) is 18.5 Å². The molecular formula is C71H135NO5. The molecular weight excluding hydrogens is 947 g/mol. The van der Waals surface area contributed by atoms with Gasteiger partial charge in [0, 0.05) is 12.8 Å². The van der Waals surface area contributed by atoms with Gasteiger partial charge >= 0.3 is 5.97 Å². The molecule has 2 atom stereocenters. The van der Waals surface area contributed by atoms with E-state index >= 15 is 0 Å². The van der Waals surface area contributed by atoms with Crippen LogP contribution in [0.15, 0.2) is 36.5 Å². The van der Waals surface area contributed by atoms with Gasteiger partial charge in [0.1, 0.15) is 0 Å². The second-order valence-electron chi connectivity index (χ2n) is 23.9. The third kappa shape index (κ3) is 63.1. The van der Waals surface area contributed by atoms with Crippen LogP contribution in [0.2, 0.25) is 0 Å². The van der Waals surface area contributed by atoms with Crippen LogP contribution < -0.4 is 5.32 Å². The van der Waals surface area contributed by atoms with Crippen LogP contribution >= 0.6 is 0 Å². The maximum absolute atomic E-state index is 12.5. The molecule has 0 fully saturated rings. The lowest BCUT2D eigenvalue weighted by Gasteiger charge is -2.22. The van der Waals surface area contributed by atoms with Crippen molar-refractivity contribution in [3.63, 3.8) is 0 Å². The van der Waals surface area contributed by atoms with E-state index in [9.17, 15) is 19.8 Å². The number of carbonyl (C=O) groups excluding carboxylic acids is 2. The molecule has 0 aliphatic rings. The maximum atomic E-state index is 12.5. The number of aliphatic hydroxyl groups is 2. The van der Waals surface area contributed by atoms with E-state index in [1.54, 1.807) is 0 Å². The number of aliphatic hydroxyl groups excluding tert-OH is 2. The fourth-order valence-corrected chi connectivity index (χ4v) is 10.8. The highest BCUT2D eigenvalue weighted by Gasteiger charge is 2.20. The largest absolute Gasteiger partial charge is 0.466 e. The molecule has 0 radical (unpaired) electrons. The van der Waals surface area contributed by atoms with E-state index in [1.807, 2.05) is 0 Å². The van der Waals surface area contributed by atoms with Gasteiger partial charge in [0.2, 0.25) is 5.91 Å². The van der Waals surface area contributed by atoms with Gasteiger partial charge in [-0.1, -0.05) is 320 Å². The van der Waals surface area contributed by atoms with Crippen LogP contribution in [0.1, 0.15) is 380 Å². The van der Waals surface area contributed by atoms with E-state index in [0.717, 1.165) is 51.4 Å². The van der Waals surface area contributed by atoms with Crippen LogP contribution in [-0.4, -0.2) is 47.4 Å². The summed E-state index contributed by atoms with van der Waals surface area (Å²) in [4.78, 5) is 24.6. The van der Waals surface area contributed by atoms with Crippen molar-refractivity contribution in [3.05, 3.63) is 36.5 Å². The Balaban J connectivity index is 3.40. The molecule has 0 aliphatic heterocycles. The quantitative estimate of drug-likeness (QED) is 0.0320. The molecule has 0 aliphatic carbocycles. The number of allylic oxidation sites excluding steroid dienone is 6. The van der Waals surface area contributed by atoms with E-state index in [1.165, 1.54) is 295 Å². The fourth-order valence-electron chi connectivity index (χ4n) is 10.8. The minimum Gasteiger partial charge on any atom is -0.466 e. The van der Waals surface area contributed by atoms with Crippen molar-refractivity contribution in [2.45, 2.75) is 392 Å². The lowest BCUT2D eigenvalue weighted by molar-refractivity contribution is -0.143. The summed E-state index contributed by atoms with van der Waals surface area (Å²) >= 11 is 0. The molecule has 6 heteroatoms. The van der Waals surface area contributed by atoms with Crippen LogP contribution in [0.25, 0.3) is 0 Å². The van der Waals surface area contributed by atoms with Gasteiger partial charge < -0.3 is 20.3 Å². The monoisotopic (exact) mass is 1080 g/mol. The summed E-state index contributed by atoms with van der Waals surface area (Å²) in [6.45, 7) is 4.96. The predicted molar refractivity (Wildman–Crippen MR) is 338 cm³/mol. The SMILES string of the molecule is CCCCCCC/C=C\CCCCCCCC(=O)OCCCCCCCCCCC/C=C\C/C=C\CCCCCCCCCCCCCCCC(=O)NC(CO)C(O)CCCCCCCCCCCCCCCCCCC. The summed E-state index contributed by atoms with van der Waals surface area (Å²) in [5.41, 5.74) is 0. The highest BCUT2D eigenvalue weighted by Crippen LogP contribution is 2.18. The summed E-state index contributed by atoms with van der Waals surface area (Å²) < 4.78 is 5.48. The van der Waals surface area contributed by atoms with E-state index in [2.05, 4.69) is 55.6 Å². The van der Waals surface area contributed by atoms with E-state index < -0.39 is 12.1 Å². The van der Waals surface area contributed by atoms with Crippen molar-refractivity contribution in [2.75, 3.05) is 13.2 Å². The number of hydrogen-bond donors (Lipinski definition) is 3. The molecule has 3 N–H and O–H groups in total. The first-order valence-corrected chi connectivity index (χ1v) is 34.7. The van der Waals surface area contributed by atoms with Gasteiger partial charge in [0.25, 0.3) is 0 Å². The van der Waals surface area contributed by atoms with Crippen molar-refractivity contribution in [2.24, 2.45) is 0 Å². The van der Waals surface area contributed by atoms with Crippen molar-refractivity contribution in [3.8, 4) is 0 Å². The van der Waals surface area contributed by atoms with Gasteiger partial charge in [-0.25, -0.2) is 0 Å². The van der Waals surface area contributed by atoms with Gasteiger partial charge in [-0.2, -0.15) is 0 Å². The second-order valence-corrected chi connectivity index (χ2v) is 23.9. The molecule has 77 heavy (non-hydrogen) atoms. The van der Waals surface area contributed by atoms with Crippen LogP contribution in [0, 0.1) is 0 Å². The third-order valence-corrected chi connectivity index (χ3v) is 16.2. The van der Waals surface area contributed by atoms with Crippen molar-refractivity contribution in [1.29, 1.82) is 0 Å². The molecule has 0 aromatic carbocycles. The standard InChI is InChI=1S/C71H135NO5/c1-3-5-7-9-11-13-15-17-19-33-36-39-43-47-51-55-59-63-69(74)68(67-73)72-70(75)64-60-56-52-48-44-40-37-34-31-29-27-25-23-21-20-22-24-26-28-30-32-35-38-42-46-50-54-58-62-66-77-71(76)65-61-57-53-49-45-41-18-16-14-12-10-8-6-4-2/h16,18,20,22,26,28,68-69,73-74H,3-15,17,19,21,23-25,27,29-67H2,1-2H3,(H,72,75)/b18-16-,22-20-,28-26-. The lowest BCUT2D eigenvalue weighted by Crippen LogP contribution is -2.45. The molecule has 0 aromatic heterocycles. The number of hydrogen-bond acceptors (Lipinski definition) is 5. The average Bonchev–Trinajstić information content (AvgIpc) is 3.43. The fraction of sp³-hybridized carbons (Fsp3) is 0.887. The Hall–Kier alpha value is -1.92. The number of unbranched alkanes of at least 4 members (excludes halogenated alkanes) is 48. The van der Waals surface area contributed by atoms with Gasteiger partial charge in [0.15, 0.2) is 0 Å². The number of nitrogens with one attached hydrogen (secondary N) is 1. The number of carbonyl (C=O) groups is 2. The molecule has 0 rings (SSSR count). The zero-order valence-electron chi connectivity index (χ0n) is 52.0. The molecule has 1 amide bonds. The molecule has 0 aromatic rings. The first kappa shape index (κ1) is 75.1. The van der Waals surface area contributed by atoms with Crippen molar-refractivity contribution >= 4 is 11.9 Å². The summed E-state index contributed by atoms with van der Waals surface area (Å²) in [7, 11) is 0. The first-order chi connectivity index (χ1) is 38.0. The average molecular weight is 1080 g/mol. The molecule has 2 unspecified atom stereocenters. The Morgan fingerprint density at radius 3 is 1.00 bits per heavy atom. The van der Waals surface area contributed by atoms with Gasteiger partial charge in [0.05, 0.1) is 25.4 Å². The first-order valence-electron chi connectivity index (χ1n) is 34.7. The van der Waals surface area contributed by atoms with Crippen LogP contribution in [0.5, 0.6) is 0 Å². The van der Waals surface area contributed by atoms with Gasteiger partial charge in [-0.15, -0.1) is 0 Å². The number of esters is 1. The number of ether oxygens (including phenoxy) is 1. The van der Waals surface area contributed by atoms with Crippen LogP contribution in [0.3, 0.4) is 0 Å². The lowest BCUT2D eigenvalue weighted by atomic mass is 10.0. The van der Waals surface area contributed by atoms with Gasteiger partial charge in [-0.3, -0.25) is 9.59 Å². The molecule has 0 spiro atoms. The van der Waals surface area contributed by atoms with Crippen LogP contribution in [0.4, 0.5) is 0 Å². The Labute approximate surface area is 481 Å². The molecule has 0 saturated heterocycles. The minimum atomic E-state index is -0.665. The molecule has 0 bridgehead atoms. The second kappa shape index (κ2) is 66.6. The molecule has 0 heterocycles. The summed E-state index contributed by atoms with van der Waals surface area (Å²) in [6.07, 6.45) is 84.7. The van der Waals surface area contributed by atoms with Gasteiger partial charge in [-0.05, 0) is 83.5 Å². The zero-order valence-corrected chi connectivity index (χ0v) is 52.0. The summed E-state index contributed by atoms with van der Waals surface area (Å²) in [5.74, 6) is -0.0293. The van der Waals surface area contributed by atoms with E-state index in [0.29, 0.717) is 25.9 Å². The van der Waals surface area contributed by atoms with E-state index in [4.69, 9.17) is 4.74 Å². The maximum Gasteiger partial charge on any atom is 0.305 e. The number of rotatable bonds is 65. The van der Waals surface area contributed by atoms with Crippen molar-refractivity contribution in [1.82, 2.24) is 5.32 Å². The molecule has 454 valence electrons. The normalized spacial score (nSPS) is 12.7. The minimum absolute atomic E-state index is 0.00379. The summed E-state index contributed by atoms with van der Waals surface area (Å²) in [5, 5.41) is 23.4. The Kier molecular flexibility index (Phi) is 64.9. The Morgan fingerprint density at radius 2 is 0.649 bits per heavy atom. The number of amides is 1. The Morgan fingerprint density at radius 1 is 0.364 bits per heavy atom. The molecule has 0 saturated carbocycles. The topological polar surface area (TPSA) is 95.9 Å². The smallest absolute Gasteiger partial charge is 0.305 e. The highest BCUT2D eigenvalue weighted by molar-refractivity contribution is 5.76.